The lowest BCUT2D eigenvalue weighted by Gasteiger charge is -2.11. The van der Waals surface area contributed by atoms with E-state index in [4.69, 9.17) is 4.84 Å². The zero-order chi connectivity index (χ0) is 19.1. The summed E-state index contributed by atoms with van der Waals surface area (Å²) in [5.41, 5.74) is 1.56. The van der Waals surface area contributed by atoms with Crippen LogP contribution >= 0.6 is 0 Å². The molecule has 3 nitrogen and oxygen atoms in total. The number of pyridine rings is 1. The predicted octanol–water partition coefficient (Wildman–Crippen LogP) is 5.11. The van der Waals surface area contributed by atoms with Crippen LogP contribution < -0.4 is 0 Å². The average Bonchev–Trinajstić information content (AvgIpc) is 2.69. The maximum atomic E-state index is 13.0. The molecule has 3 rings (SSSR count). The molecular weight excluding hydrogens is 353 g/mol. The topological polar surface area (TPSA) is 34.5 Å². The predicted molar refractivity (Wildman–Crippen MR) is 97.4 cm³/mol. The molecule has 6 heteroatoms. The first-order valence-corrected chi connectivity index (χ1v) is 8.36. The summed E-state index contributed by atoms with van der Waals surface area (Å²) in [6.07, 6.45) is -0.652. The largest absolute Gasteiger partial charge is 0.416 e. The van der Waals surface area contributed by atoms with Crippen LogP contribution in [0.2, 0.25) is 0 Å². The highest BCUT2D eigenvalue weighted by Crippen LogP contribution is 2.30. The zero-order valence-electron chi connectivity index (χ0n) is 14.4. The quantitative estimate of drug-likeness (QED) is 0.343. The standard InChI is InChI=1S/C21H17F3N2O/c22-21(23,24)19-10-4-8-17(14-19)20(18-9-5-12-25-15-18)26-27-13-11-16-6-2-1-3-7-16/h1-10,12,14-15H,11,13H2. The number of rotatable bonds is 6. The third kappa shape index (κ3) is 5.17. The van der Waals surface area contributed by atoms with E-state index in [0.717, 1.165) is 17.7 Å². The summed E-state index contributed by atoms with van der Waals surface area (Å²) in [6.45, 7) is 0.312. The van der Waals surface area contributed by atoms with E-state index < -0.39 is 11.7 Å². The van der Waals surface area contributed by atoms with E-state index in [-0.39, 0.29) is 0 Å². The van der Waals surface area contributed by atoms with Gasteiger partial charge in [-0.2, -0.15) is 13.2 Å². The number of oxime groups is 1. The second-order valence-corrected chi connectivity index (χ2v) is 5.83. The maximum Gasteiger partial charge on any atom is 0.416 e. The Bertz CT molecular complexity index is 894. The van der Waals surface area contributed by atoms with Gasteiger partial charge in [0.25, 0.3) is 0 Å². The van der Waals surface area contributed by atoms with E-state index in [1.165, 1.54) is 6.07 Å². The molecule has 3 aromatic rings. The first-order chi connectivity index (χ1) is 13.0. The average molecular weight is 370 g/mol. The van der Waals surface area contributed by atoms with Gasteiger partial charge in [0.15, 0.2) is 0 Å². The van der Waals surface area contributed by atoms with Crippen molar-refractivity contribution in [2.24, 2.45) is 5.16 Å². The molecule has 0 radical (unpaired) electrons. The number of nitrogens with zero attached hydrogens (tertiary/aromatic N) is 2. The summed E-state index contributed by atoms with van der Waals surface area (Å²) in [5, 5.41) is 4.11. The molecule has 0 N–H and O–H groups in total. The zero-order valence-corrected chi connectivity index (χ0v) is 14.4. The van der Waals surface area contributed by atoms with Crippen LogP contribution in [0.4, 0.5) is 13.2 Å². The number of alkyl halides is 3. The summed E-state index contributed by atoms with van der Waals surface area (Å²) in [6, 6.07) is 18.2. The van der Waals surface area contributed by atoms with Gasteiger partial charge < -0.3 is 4.84 Å². The first-order valence-electron chi connectivity index (χ1n) is 8.36. The molecule has 0 saturated carbocycles. The van der Waals surface area contributed by atoms with Gasteiger partial charge in [-0.25, -0.2) is 0 Å². The number of benzene rings is 2. The minimum absolute atomic E-state index is 0.308. The van der Waals surface area contributed by atoms with Crippen LogP contribution in [0.25, 0.3) is 0 Å². The van der Waals surface area contributed by atoms with Crippen molar-refractivity contribution in [1.82, 2.24) is 4.98 Å². The second-order valence-electron chi connectivity index (χ2n) is 5.83. The lowest BCUT2D eigenvalue weighted by Crippen LogP contribution is -2.10. The van der Waals surface area contributed by atoms with E-state index in [1.807, 2.05) is 30.3 Å². The van der Waals surface area contributed by atoms with Gasteiger partial charge in [-0.3, -0.25) is 4.98 Å². The van der Waals surface area contributed by atoms with Crippen LogP contribution in [0.5, 0.6) is 0 Å². The molecule has 0 spiro atoms. The molecule has 0 amide bonds. The van der Waals surface area contributed by atoms with Crippen LogP contribution in [-0.2, 0) is 17.4 Å². The van der Waals surface area contributed by atoms with Crippen molar-refractivity contribution in [3.8, 4) is 0 Å². The minimum atomic E-state index is -4.43. The Labute approximate surface area is 155 Å². The third-order valence-corrected chi connectivity index (χ3v) is 3.88. The van der Waals surface area contributed by atoms with Gasteiger partial charge in [0.2, 0.25) is 0 Å². The summed E-state index contributed by atoms with van der Waals surface area (Å²) in [5.74, 6) is 0. The molecule has 0 fully saturated rings. The van der Waals surface area contributed by atoms with Crippen LogP contribution in [-0.4, -0.2) is 17.3 Å². The molecule has 138 valence electrons. The van der Waals surface area contributed by atoms with Crippen LogP contribution in [0.15, 0.2) is 84.3 Å². The SMILES string of the molecule is FC(F)(F)c1cccc(C(=NOCCc2ccccc2)c2cccnc2)c1. The summed E-state index contributed by atoms with van der Waals surface area (Å²) in [7, 11) is 0. The molecule has 0 aliphatic heterocycles. The fourth-order valence-corrected chi connectivity index (χ4v) is 2.54. The van der Waals surface area contributed by atoms with Crippen molar-refractivity contribution in [1.29, 1.82) is 0 Å². The second kappa shape index (κ2) is 8.49. The van der Waals surface area contributed by atoms with E-state index in [9.17, 15) is 13.2 Å². The smallest absolute Gasteiger partial charge is 0.395 e. The monoisotopic (exact) mass is 370 g/mol. The number of hydrogen-bond donors (Lipinski definition) is 0. The van der Waals surface area contributed by atoms with Gasteiger partial charge >= 0.3 is 6.18 Å². The van der Waals surface area contributed by atoms with E-state index in [1.54, 1.807) is 30.6 Å². The minimum Gasteiger partial charge on any atom is -0.395 e. The van der Waals surface area contributed by atoms with Crippen LogP contribution in [0.3, 0.4) is 0 Å². The summed E-state index contributed by atoms with van der Waals surface area (Å²) >= 11 is 0. The van der Waals surface area contributed by atoms with Crippen molar-refractivity contribution >= 4 is 5.71 Å². The molecule has 0 atom stereocenters. The first kappa shape index (κ1) is 18.6. The van der Waals surface area contributed by atoms with Crippen LogP contribution in [0, 0.1) is 0 Å². The summed E-state index contributed by atoms with van der Waals surface area (Å²) < 4.78 is 39.1. The van der Waals surface area contributed by atoms with Gasteiger partial charge in [-0.05, 0) is 29.8 Å². The van der Waals surface area contributed by atoms with Crippen molar-refractivity contribution in [2.45, 2.75) is 12.6 Å². The van der Waals surface area contributed by atoms with Gasteiger partial charge in [0.05, 0.1) is 5.56 Å². The van der Waals surface area contributed by atoms with E-state index in [0.29, 0.717) is 29.9 Å². The Balaban J connectivity index is 1.84. The number of hydrogen-bond acceptors (Lipinski definition) is 3. The highest BCUT2D eigenvalue weighted by Gasteiger charge is 2.30. The van der Waals surface area contributed by atoms with Gasteiger partial charge in [-0.1, -0.05) is 47.6 Å². The molecule has 1 heterocycles. The number of halogens is 3. The Morgan fingerprint density at radius 2 is 1.70 bits per heavy atom. The molecule has 0 aliphatic carbocycles. The van der Waals surface area contributed by atoms with Crippen molar-refractivity contribution in [3.05, 3.63) is 101 Å². The Morgan fingerprint density at radius 1 is 0.926 bits per heavy atom. The Morgan fingerprint density at radius 3 is 2.41 bits per heavy atom. The van der Waals surface area contributed by atoms with E-state index in [2.05, 4.69) is 10.1 Å². The highest BCUT2D eigenvalue weighted by molar-refractivity contribution is 6.12. The third-order valence-electron chi connectivity index (χ3n) is 3.88. The highest BCUT2D eigenvalue weighted by atomic mass is 19.4. The van der Waals surface area contributed by atoms with Gasteiger partial charge in [0.1, 0.15) is 12.3 Å². The Hall–Kier alpha value is -3.15. The van der Waals surface area contributed by atoms with E-state index >= 15 is 0 Å². The Kier molecular flexibility index (Phi) is 5.86. The normalized spacial score (nSPS) is 12.0. The maximum absolute atomic E-state index is 13.0. The molecule has 0 bridgehead atoms. The fraction of sp³-hybridized carbons (Fsp3) is 0.143. The van der Waals surface area contributed by atoms with Gasteiger partial charge in [-0.15, -0.1) is 0 Å². The molecular formula is C21H17F3N2O. The summed E-state index contributed by atoms with van der Waals surface area (Å²) in [4.78, 5) is 9.43. The van der Waals surface area contributed by atoms with Crippen molar-refractivity contribution in [2.75, 3.05) is 6.61 Å². The van der Waals surface area contributed by atoms with Crippen LogP contribution in [0.1, 0.15) is 22.3 Å². The molecule has 27 heavy (non-hydrogen) atoms. The molecule has 1 aromatic heterocycles. The number of aromatic nitrogens is 1. The molecule has 2 aromatic carbocycles. The van der Waals surface area contributed by atoms with Crippen molar-refractivity contribution < 1.29 is 18.0 Å². The molecule has 0 unspecified atom stereocenters. The molecule has 0 saturated heterocycles. The fourth-order valence-electron chi connectivity index (χ4n) is 2.54. The van der Waals surface area contributed by atoms with Crippen molar-refractivity contribution in [3.63, 3.8) is 0 Å². The lowest BCUT2D eigenvalue weighted by atomic mass is 10.0. The molecule has 0 aliphatic rings. The lowest BCUT2D eigenvalue weighted by molar-refractivity contribution is -0.137. The van der Waals surface area contributed by atoms with Gasteiger partial charge in [0, 0.05) is 29.9 Å².